The lowest BCUT2D eigenvalue weighted by atomic mass is 9.89. The molecule has 0 aromatic heterocycles. The molecule has 7 N–H and O–H groups in total. The molecule has 128 valence electrons. The molecule has 1 saturated heterocycles. The predicted octanol–water partition coefficient (Wildman–Crippen LogP) is -1.48. The largest absolute Gasteiger partial charge is 0.507 e. The summed E-state index contributed by atoms with van der Waals surface area (Å²) in [5.41, 5.74) is -0.931. The first kappa shape index (κ1) is 17.4. The molecule has 1 aromatic carbocycles. The monoisotopic (exact) mass is 330 g/mol. The van der Waals surface area contributed by atoms with E-state index in [-0.39, 0.29) is 0 Å². The van der Waals surface area contributed by atoms with Gasteiger partial charge >= 0.3 is 0 Å². The number of aromatic hydroxyl groups is 3. The molecular formula is C14H18O9. The van der Waals surface area contributed by atoms with Crippen LogP contribution in [0, 0.1) is 0 Å². The van der Waals surface area contributed by atoms with E-state index in [0.717, 1.165) is 13.0 Å². The maximum absolute atomic E-state index is 11.5. The van der Waals surface area contributed by atoms with Gasteiger partial charge in [0, 0.05) is 6.07 Å². The van der Waals surface area contributed by atoms with Crippen molar-refractivity contribution >= 4 is 5.78 Å². The molecule has 9 nitrogen and oxygen atoms in total. The van der Waals surface area contributed by atoms with Crippen molar-refractivity contribution in [3.05, 3.63) is 17.2 Å². The third-order valence-electron chi connectivity index (χ3n) is 3.83. The number of carbonyl (C=O) groups excluding carboxylic acids is 1. The molecular weight excluding hydrogens is 312 g/mol. The Bertz CT molecular complexity index is 613. The van der Waals surface area contributed by atoms with Gasteiger partial charge < -0.3 is 40.5 Å². The lowest BCUT2D eigenvalue weighted by molar-refractivity contribution is -0.232. The number of ether oxygens (including phenoxy) is 1. The summed E-state index contributed by atoms with van der Waals surface area (Å²) in [6, 6.07) is 0.785. The van der Waals surface area contributed by atoms with Crippen molar-refractivity contribution in [1.82, 2.24) is 0 Å². The first-order valence-corrected chi connectivity index (χ1v) is 6.79. The Hall–Kier alpha value is -1.91. The van der Waals surface area contributed by atoms with Crippen LogP contribution in [0.25, 0.3) is 0 Å². The Kier molecular flexibility index (Phi) is 4.78. The van der Waals surface area contributed by atoms with Crippen LogP contribution >= 0.6 is 0 Å². The standard InChI is InChI=1S/C14H18O9/c1-4(16)8-5(17)2-6(18)9(11(8)20)14-13(22)12(21)10(19)7(3-15)23-14/h2,7,10,12-15,17-22H,3H2,1H3/t7-,10+,12+,13-,14+/m1/s1. The second-order valence-corrected chi connectivity index (χ2v) is 5.36. The van der Waals surface area contributed by atoms with Crippen molar-refractivity contribution in [1.29, 1.82) is 0 Å². The average molecular weight is 330 g/mol. The third kappa shape index (κ3) is 2.84. The summed E-state index contributed by atoms with van der Waals surface area (Å²) in [5.74, 6) is -2.87. The van der Waals surface area contributed by atoms with Crippen LogP contribution in [0.15, 0.2) is 6.07 Å². The smallest absolute Gasteiger partial charge is 0.167 e. The van der Waals surface area contributed by atoms with Crippen LogP contribution in [0.2, 0.25) is 0 Å². The zero-order valence-electron chi connectivity index (χ0n) is 12.1. The molecule has 1 aliphatic rings. The fraction of sp³-hybridized carbons (Fsp3) is 0.500. The topological polar surface area (TPSA) is 168 Å². The highest BCUT2D eigenvalue weighted by molar-refractivity contribution is 6.00. The molecule has 1 aromatic rings. The van der Waals surface area contributed by atoms with Gasteiger partial charge in [-0.15, -0.1) is 0 Å². The van der Waals surface area contributed by atoms with Crippen molar-refractivity contribution in [2.24, 2.45) is 0 Å². The molecule has 5 atom stereocenters. The maximum Gasteiger partial charge on any atom is 0.167 e. The summed E-state index contributed by atoms with van der Waals surface area (Å²) >= 11 is 0. The van der Waals surface area contributed by atoms with Gasteiger partial charge in [0.1, 0.15) is 53.3 Å². The molecule has 0 spiro atoms. The number of carbonyl (C=O) groups is 1. The second-order valence-electron chi connectivity index (χ2n) is 5.36. The number of rotatable bonds is 3. The Balaban J connectivity index is 2.56. The van der Waals surface area contributed by atoms with E-state index in [9.17, 15) is 35.4 Å². The fourth-order valence-corrected chi connectivity index (χ4v) is 2.62. The van der Waals surface area contributed by atoms with Crippen LogP contribution in [0.5, 0.6) is 17.2 Å². The maximum atomic E-state index is 11.5. The molecule has 0 unspecified atom stereocenters. The Labute approximate surface area is 130 Å². The number of Topliss-reactive ketones (excluding diaryl/α,β-unsaturated/α-hetero) is 1. The van der Waals surface area contributed by atoms with Crippen LogP contribution in [0.3, 0.4) is 0 Å². The second kappa shape index (κ2) is 6.30. The zero-order chi connectivity index (χ0) is 17.5. The van der Waals surface area contributed by atoms with Gasteiger partial charge in [-0.3, -0.25) is 4.79 Å². The summed E-state index contributed by atoms with van der Waals surface area (Å²) in [4.78, 5) is 11.5. The van der Waals surface area contributed by atoms with Crippen LogP contribution in [0.1, 0.15) is 28.9 Å². The number of hydrogen-bond acceptors (Lipinski definition) is 9. The number of benzene rings is 1. The van der Waals surface area contributed by atoms with Crippen LogP contribution in [0.4, 0.5) is 0 Å². The summed E-state index contributed by atoms with van der Waals surface area (Å²) in [6.45, 7) is 0.378. The molecule has 0 bridgehead atoms. The Morgan fingerprint density at radius 3 is 2.22 bits per heavy atom. The first-order chi connectivity index (χ1) is 10.7. The lowest BCUT2D eigenvalue weighted by Crippen LogP contribution is -2.55. The molecule has 0 amide bonds. The molecule has 0 radical (unpaired) electrons. The number of phenols is 3. The van der Waals surface area contributed by atoms with E-state index in [1.165, 1.54) is 0 Å². The van der Waals surface area contributed by atoms with Crippen LogP contribution in [-0.4, -0.2) is 72.6 Å². The normalized spacial score (nSPS) is 31.1. The Morgan fingerprint density at radius 2 is 1.70 bits per heavy atom. The number of ketones is 1. The van der Waals surface area contributed by atoms with Gasteiger partial charge in [0.15, 0.2) is 5.78 Å². The van der Waals surface area contributed by atoms with E-state index < -0.39 is 71.3 Å². The van der Waals surface area contributed by atoms with Crippen molar-refractivity contribution in [3.63, 3.8) is 0 Å². The molecule has 2 rings (SSSR count). The minimum Gasteiger partial charge on any atom is -0.507 e. The van der Waals surface area contributed by atoms with Gasteiger partial charge in [-0.1, -0.05) is 0 Å². The molecule has 0 aliphatic carbocycles. The minimum absolute atomic E-state index is 0.440. The van der Waals surface area contributed by atoms with Crippen LogP contribution < -0.4 is 0 Å². The lowest BCUT2D eigenvalue weighted by Gasteiger charge is -2.40. The van der Waals surface area contributed by atoms with Crippen molar-refractivity contribution < 1.29 is 45.3 Å². The van der Waals surface area contributed by atoms with Gasteiger partial charge in [-0.2, -0.15) is 0 Å². The number of aliphatic hydroxyl groups is 4. The highest BCUT2D eigenvalue weighted by Crippen LogP contribution is 2.45. The van der Waals surface area contributed by atoms with E-state index in [4.69, 9.17) is 9.84 Å². The minimum atomic E-state index is -1.76. The third-order valence-corrected chi connectivity index (χ3v) is 3.83. The number of hydrogen-bond donors (Lipinski definition) is 7. The first-order valence-electron chi connectivity index (χ1n) is 6.79. The molecule has 1 fully saturated rings. The quantitative estimate of drug-likeness (QED) is 0.327. The van der Waals surface area contributed by atoms with E-state index in [0.29, 0.717) is 0 Å². The molecule has 9 heteroatoms. The predicted molar refractivity (Wildman–Crippen MR) is 74.2 cm³/mol. The van der Waals surface area contributed by atoms with Crippen LogP contribution in [-0.2, 0) is 4.74 Å². The van der Waals surface area contributed by atoms with Crippen molar-refractivity contribution in [3.8, 4) is 17.2 Å². The molecule has 23 heavy (non-hydrogen) atoms. The summed E-state index contributed by atoms with van der Waals surface area (Å²) in [5, 5.41) is 68.4. The number of phenolic OH excluding ortho intramolecular Hbond substituents is 3. The van der Waals surface area contributed by atoms with Crippen molar-refractivity contribution in [2.75, 3.05) is 6.61 Å². The van der Waals surface area contributed by atoms with Gasteiger partial charge in [-0.25, -0.2) is 0 Å². The molecule has 1 aliphatic heterocycles. The van der Waals surface area contributed by atoms with Gasteiger partial charge in [0.25, 0.3) is 0 Å². The summed E-state index contributed by atoms with van der Waals surface area (Å²) in [7, 11) is 0. The van der Waals surface area contributed by atoms with Crippen molar-refractivity contribution in [2.45, 2.75) is 37.4 Å². The van der Waals surface area contributed by atoms with E-state index in [1.807, 2.05) is 0 Å². The van der Waals surface area contributed by atoms with Gasteiger partial charge in [0.2, 0.25) is 0 Å². The number of aliphatic hydroxyl groups excluding tert-OH is 4. The SMILES string of the molecule is CC(=O)c1c(O)cc(O)c([C@@H]2O[C@H](CO)[C@H](O)[C@H](O)[C@H]2O)c1O. The van der Waals surface area contributed by atoms with Gasteiger partial charge in [-0.05, 0) is 6.92 Å². The van der Waals surface area contributed by atoms with E-state index in [2.05, 4.69) is 0 Å². The highest BCUT2D eigenvalue weighted by atomic mass is 16.5. The average Bonchev–Trinajstić information content (AvgIpc) is 2.46. The Morgan fingerprint density at radius 1 is 1.09 bits per heavy atom. The molecule has 0 saturated carbocycles. The highest BCUT2D eigenvalue weighted by Gasteiger charge is 2.46. The fourth-order valence-electron chi connectivity index (χ4n) is 2.62. The van der Waals surface area contributed by atoms with E-state index in [1.54, 1.807) is 0 Å². The summed E-state index contributed by atoms with van der Waals surface area (Å²) < 4.78 is 5.23. The van der Waals surface area contributed by atoms with E-state index >= 15 is 0 Å². The summed E-state index contributed by atoms with van der Waals surface area (Å²) in [6.07, 6.45) is -7.89. The molecule has 1 heterocycles. The van der Waals surface area contributed by atoms with Gasteiger partial charge in [0.05, 0.1) is 12.2 Å². The zero-order valence-corrected chi connectivity index (χ0v) is 12.1.